The molecule has 2 N–H and O–H groups in total. The van der Waals surface area contributed by atoms with E-state index in [9.17, 15) is 0 Å². The fraction of sp³-hybridized carbons (Fsp3) is 0.333. The van der Waals surface area contributed by atoms with Crippen LogP contribution in [0.1, 0.15) is 11.6 Å². The van der Waals surface area contributed by atoms with Crippen molar-refractivity contribution < 1.29 is 9.47 Å². The van der Waals surface area contributed by atoms with Crippen LogP contribution < -0.4 is 15.2 Å². The van der Waals surface area contributed by atoms with E-state index in [4.69, 9.17) is 15.2 Å². The first-order chi connectivity index (χ1) is 9.24. The van der Waals surface area contributed by atoms with Crippen molar-refractivity contribution in [3.63, 3.8) is 0 Å². The van der Waals surface area contributed by atoms with Gasteiger partial charge in [-0.2, -0.15) is 5.10 Å². The third-order valence-electron chi connectivity index (χ3n) is 2.89. The molecule has 0 amide bonds. The number of hydrogen-bond acceptors (Lipinski definition) is 6. The van der Waals surface area contributed by atoms with E-state index in [2.05, 4.69) is 10.1 Å². The molecule has 0 radical (unpaired) electrons. The highest BCUT2D eigenvalue weighted by atomic mass is 32.2. The van der Waals surface area contributed by atoms with Crippen molar-refractivity contribution in [3.05, 3.63) is 30.1 Å². The molecule has 1 aromatic carbocycles. The molecular formula is C12H14N4O2S. The molecule has 0 aliphatic carbocycles. The van der Waals surface area contributed by atoms with E-state index in [-0.39, 0.29) is 12.8 Å². The van der Waals surface area contributed by atoms with Crippen LogP contribution in [0.4, 0.5) is 0 Å². The Bertz CT molecular complexity index is 587. The third-order valence-corrected chi connectivity index (χ3v) is 4.04. The van der Waals surface area contributed by atoms with E-state index >= 15 is 0 Å². The molecular weight excluding hydrogens is 264 g/mol. The zero-order chi connectivity index (χ0) is 13.2. The van der Waals surface area contributed by atoms with Gasteiger partial charge in [-0.05, 0) is 17.7 Å². The van der Waals surface area contributed by atoms with Crippen LogP contribution >= 0.6 is 11.8 Å². The first-order valence-electron chi connectivity index (χ1n) is 5.86. The Morgan fingerprint density at radius 1 is 1.42 bits per heavy atom. The van der Waals surface area contributed by atoms with Gasteiger partial charge in [0.25, 0.3) is 0 Å². The van der Waals surface area contributed by atoms with Gasteiger partial charge in [0.2, 0.25) is 6.79 Å². The fourth-order valence-corrected chi connectivity index (χ4v) is 2.70. The molecule has 0 saturated carbocycles. The van der Waals surface area contributed by atoms with Crippen LogP contribution in [0.15, 0.2) is 29.7 Å². The second kappa shape index (κ2) is 5.10. The van der Waals surface area contributed by atoms with Gasteiger partial charge in [0.15, 0.2) is 16.7 Å². The van der Waals surface area contributed by atoms with E-state index in [1.54, 1.807) is 16.4 Å². The highest BCUT2D eigenvalue weighted by Crippen LogP contribution is 2.34. The van der Waals surface area contributed by atoms with Crippen LogP contribution in [-0.4, -0.2) is 27.3 Å². The number of nitrogens with two attached hydrogens (primary N) is 1. The summed E-state index contributed by atoms with van der Waals surface area (Å²) < 4.78 is 12.4. The van der Waals surface area contributed by atoms with E-state index in [1.165, 1.54) is 6.33 Å². The summed E-state index contributed by atoms with van der Waals surface area (Å²) >= 11 is 1.58. The molecule has 0 bridgehead atoms. The average Bonchev–Trinajstić information content (AvgIpc) is 3.03. The number of benzene rings is 1. The van der Waals surface area contributed by atoms with Crippen LogP contribution in [0.3, 0.4) is 0 Å². The SMILES string of the molecule is Cn1ncnc1SCC(N)c1ccc2c(c1)OCO2. The van der Waals surface area contributed by atoms with Crippen LogP contribution in [-0.2, 0) is 7.05 Å². The van der Waals surface area contributed by atoms with Crippen LogP contribution in [0.25, 0.3) is 0 Å². The summed E-state index contributed by atoms with van der Waals surface area (Å²) in [5.74, 6) is 2.26. The molecule has 2 aromatic rings. The highest BCUT2D eigenvalue weighted by Gasteiger charge is 2.16. The molecule has 0 saturated heterocycles. The Kier molecular flexibility index (Phi) is 3.31. The number of nitrogens with zero attached hydrogens (tertiary/aromatic N) is 3. The first-order valence-corrected chi connectivity index (χ1v) is 6.84. The molecule has 1 aliphatic rings. The summed E-state index contributed by atoms with van der Waals surface area (Å²) in [6, 6.07) is 5.71. The minimum atomic E-state index is -0.0869. The maximum Gasteiger partial charge on any atom is 0.231 e. The molecule has 0 fully saturated rings. The summed E-state index contributed by atoms with van der Waals surface area (Å²) in [5, 5.41) is 4.88. The van der Waals surface area contributed by atoms with E-state index in [0.29, 0.717) is 0 Å². The number of aryl methyl sites for hydroxylation is 1. The van der Waals surface area contributed by atoms with Crippen LogP contribution in [0, 0.1) is 0 Å². The summed E-state index contributed by atoms with van der Waals surface area (Å²) in [5.41, 5.74) is 7.21. The lowest BCUT2D eigenvalue weighted by atomic mass is 10.1. The maximum atomic E-state index is 6.18. The predicted octanol–water partition coefficient (Wildman–Crippen LogP) is 1.34. The third kappa shape index (κ3) is 2.52. The second-order valence-corrected chi connectivity index (χ2v) is 5.18. The van der Waals surface area contributed by atoms with Gasteiger partial charge in [-0.3, -0.25) is 0 Å². The number of rotatable bonds is 4. The van der Waals surface area contributed by atoms with Gasteiger partial charge in [-0.15, -0.1) is 0 Å². The normalized spacial score (nSPS) is 14.6. The van der Waals surface area contributed by atoms with Crippen molar-refractivity contribution in [3.8, 4) is 11.5 Å². The molecule has 1 aliphatic heterocycles. The van der Waals surface area contributed by atoms with Gasteiger partial charge < -0.3 is 15.2 Å². The monoisotopic (exact) mass is 278 g/mol. The number of fused-ring (bicyclic) bond motifs is 1. The van der Waals surface area contributed by atoms with Gasteiger partial charge in [0.05, 0.1) is 0 Å². The molecule has 19 heavy (non-hydrogen) atoms. The molecule has 1 aromatic heterocycles. The van der Waals surface area contributed by atoms with Crippen LogP contribution in [0.5, 0.6) is 11.5 Å². The molecule has 0 spiro atoms. The minimum Gasteiger partial charge on any atom is -0.454 e. The molecule has 3 rings (SSSR count). The molecule has 7 heteroatoms. The fourth-order valence-electron chi connectivity index (χ4n) is 1.82. The number of hydrogen-bond donors (Lipinski definition) is 1. The second-order valence-electron chi connectivity index (χ2n) is 4.20. The molecule has 1 atom stereocenters. The zero-order valence-corrected chi connectivity index (χ0v) is 11.3. The quantitative estimate of drug-likeness (QED) is 0.851. The van der Waals surface area contributed by atoms with E-state index in [1.807, 2.05) is 25.2 Å². The van der Waals surface area contributed by atoms with Gasteiger partial charge in [0.1, 0.15) is 6.33 Å². The largest absolute Gasteiger partial charge is 0.454 e. The lowest BCUT2D eigenvalue weighted by Gasteiger charge is -2.11. The number of ether oxygens (including phenoxy) is 2. The zero-order valence-electron chi connectivity index (χ0n) is 10.4. The van der Waals surface area contributed by atoms with E-state index < -0.39 is 0 Å². The topological polar surface area (TPSA) is 75.2 Å². The van der Waals surface area contributed by atoms with E-state index in [0.717, 1.165) is 28.0 Å². The molecule has 1 unspecified atom stereocenters. The predicted molar refractivity (Wildman–Crippen MR) is 71.2 cm³/mol. The van der Waals surface area contributed by atoms with Crippen LogP contribution in [0.2, 0.25) is 0 Å². The van der Waals surface area contributed by atoms with Crippen molar-refractivity contribution in [1.29, 1.82) is 0 Å². The Hall–Kier alpha value is -1.73. The average molecular weight is 278 g/mol. The lowest BCUT2D eigenvalue weighted by Crippen LogP contribution is -2.13. The highest BCUT2D eigenvalue weighted by molar-refractivity contribution is 7.99. The van der Waals surface area contributed by atoms with Gasteiger partial charge in [-0.25, -0.2) is 9.67 Å². The number of aromatic nitrogens is 3. The summed E-state index contributed by atoms with van der Waals surface area (Å²) in [4.78, 5) is 4.15. The van der Waals surface area contributed by atoms with Crippen molar-refractivity contribution in [2.75, 3.05) is 12.5 Å². The van der Waals surface area contributed by atoms with Crippen molar-refractivity contribution >= 4 is 11.8 Å². The smallest absolute Gasteiger partial charge is 0.231 e. The van der Waals surface area contributed by atoms with Gasteiger partial charge in [-0.1, -0.05) is 17.8 Å². The Labute approximate surface area is 114 Å². The summed E-state index contributed by atoms with van der Waals surface area (Å²) in [7, 11) is 1.86. The number of thioether (sulfide) groups is 1. The molecule has 100 valence electrons. The summed E-state index contributed by atoms with van der Waals surface area (Å²) in [6.45, 7) is 0.279. The Morgan fingerprint density at radius 3 is 3.05 bits per heavy atom. The van der Waals surface area contributed by atoms with Gasteiger partial charge in [0, 0.05) is 18.8 Å². The molecule has 6 nitrogen and oxygen atoms in total. The first kappa shape index (κ1) is 12.3. The minimum absolute atomic E-state index is 0.0869. The Balaban J connectivity index is 1.67. The summed E-state index contributed by atoms with van der Waals surface area (Å²) in [6.07, 6.45) is 1.54. The maximum absolute atomic E-state index is 6.18. The lowest BCUT2D eigenvalue weighted by molar-refractivity contribution is 0.174. The van der Waals surface area contributed by atoms with Gasteiger partial charge >= 0.3 is 0 Å². The van der Waals surface area contributed by atoms with Crippen molar-refractivity contribution in [1.82, 2.24) is 14.8 Å². The standard InChI is InChI=1S/C12H14N4O2S/c1-16-12(14-6-15-16)19-5-9(13)8-2-3-10-11(4-8)18-7-17-10/h2-4,6,9H,5,7,13H2,1H3. The molecule has 2 heterocycles. The van der Waals surface area contributed by atoms with Crippen molar-refractivity contribution in [2.45, 2.75) is 11.2 Å². The van der Waals surface area contributed by atoms with Crippen molar-refractivity contribution in [2.24, 2.45) is 12.8 Å². The Morgan fingerprint density at radius 2 is 2.26 bits per heavy atom.